The number of halogens is 2. The minimum Gasteiger partial charge on any atom is -0.362 e. The smallest absolute Gasteiger partial charge is 0.272 e. The number of benzene rings is 2. The molecule has 0 spiro atoms. The lowest BCUT2D eigenvalue weighted by Crippen LogP contribution is -2.49. The Labute approximate surface area is 209 Å². The van der Waals surface area contributed by atoms with Crippen molar-refractivity contribution in [1.82, 2.24) is 10.6 Å². The van der Waals surface area contributed by atoms with Crippen LogP contribution in [-0.2, 0) is 4.79 Å². The zero-order valence-electron chi connectivity index (χ0n) is 18.4. The van der Waals surface area contributed by atoms with Crippen molar-refractivity contribution >= 4 is 57.8 Å². The van der Waals surface area contributed by atoms with E-state index in [9.17, 15) is 4.79 Å². The standard InChI is InChI=1S/C25H26Cl2N4OS/c1-31-21-12-11-17(26)15-19(21)22(18-9-5-6-10-20(18)27)29-23(24(31)32)30-25(33)28-14-13-16-7-3-2-4-8-16/h5-7,9-12,15,23H,2-4,8,13-14H2,1H3,(H2,28,30,33). The number of hydrogen-bond donors (Lipinski definition) is 2. The number of nitrogens with one attached hydrogen (secondary N) is 2. The fourth-order valence-electron chi connectivity index (χ4n) is 4.15. The zero-order valence-corrected chi connectivity index (χ0v) is 20.7. The van der Waals surface area contributed by atoms with Gasteiger partial charge in [-0.25, -0.2) is 4.99 Å². The van der Waals surface area contributed by atoms with E-state index in [0.29, 0.717) is 33.1 Å². The zero-order chi connectivity index (χ0) is 23.4. The van der Waals surface area contributed by atoms with E-state index in [1.54, 1.807) is 30.1 Å². The van der Waals surface area contributed by atoms with Crippen LogP contribution in [0.15, 0.2) is 59.1 Å². The summed E-state index contributed by atoms with van der Waals surface area (Å²) in [5, 5.41) is 7.80. The van der Waals surface area contributed by atoms with E-state index in [1.165, 1.54) is 18.4 Å². The molecule has 2 aromatic carbocycles. The topological polar surface area (TPSA) is 56.7 Å². The van der Waals surface area contributed by atoms with Crippen LogP contribution in [0.5, 0.6) is 0 Å². The number of aliphatic imine (C=N–C) groups is 1. The highest BCUT2D eigenvalue weighted by Gasteiger charge is 2.31. The van der Waals surface area contributed by atoms with Crippen molar-refractivity contribution < 1.29 is 4.79 Å². The Morgan fingerprint density at radius 1 is 1.18 bits per heavy atom. The third-order valence-corrected chi connectivity index (χ3v) is 6.74. The van der Waals surface area contributed by atoms with Crippen LogP contribution in [-0.4, -0.2) is 36.5 Å². The van der Waals surface area contributed by atoms with Gasteiger partial charge in [-0.3, -0.25) is 4.79 Å². The number of carbonyl (C=O) groups is 1. The molecule has 1 atom stereocenters. The number of nitrogens with zero attached hydrogens (tertiary/aromatic N) is 2. The second-order valence-electron chi connectivity index (χ2n) is 8.18. The maximum Gasteiger partial charge on any atom is 0.272 e. The molecule has 4 rings (SSSR count). The van der Waals surface area contributed by atoms with E-state index in [-0.39, 0.29) is 5.91 Å². The Bertz CT molecular complexity index is 1130. The van der Waals surface area contributed by atoms with Crippen LogP contribution in [0, 0.1) is 0 Å². The third kappa shape index (κ3) is 5.57. The summed E-state index contributed by atoms with van der Waals surface area (Å²) in [5.41, 5.74) is 4.21. The van der Waals surface area contributed by atoms with Gasteiger partial charge < -0.3 is 15.5 Å². The predicted molar refractivity (Wildman–Crippen MR) is 141 cm³/mol. The lowest BCUT2D eigenvalue weighted by atomic mass is 9.97. The van der Waals surface area contributed by atoms with Crippen LogP contribution < -0.4 is 15.5 Å². The molecule has 5 nitrogen and oxygen atoms in total. The van der Waals surface area contributed by atoms with Crippen molar-refractivity contribution in [1.29, 1.82) is 0 Å². The number of benzodiazepines with no additional fused rings is 1. The largest absolute Gasteiger partial charge is 0.362 e. The quantitative estimate of drug-likeness (QED) is 0.421. The molecule has 1 amide bonds. The van der Waals surface area contributed by atoms with Crippen molar-refractivity contribution in [2.75, 3.05) is 18.5 Å². The fourth-order valence-corrected chi connectivity index (χ4v) is 4.76. The van der Waals surface area contributed by atoms with Gasteiger partial charge in [0.25, 0.3) is 5.91 Å². The molecule has 1 aliphatic carbocycles. The van der Waals surface area contributed by atoms with Gasteiger partial charge in [0, 0.05) is 34.8 Å². The maximum atomic E-state index is 13.3. The number of fused-ring (bicyclic) bond motifs is 1. The van der Waals surface area contributed by atoms with Crippen molar-refractivity contribution in [2.45, 2.75) is 38.3 Å². The van der Waals surface area contributed by atoms with Gasteiger partial charge >= 0.3 is 0 Å². The van der Waals surface area contributed by atoms with E-state index < -0.39 is 6.17 Å². The average Bonchev–Trinajstić information content (AvgIpc) is 2.90. The highest BCUT2D eigenvalue weighted by atomic mass is 35.5. The molecule has 1 unspecified atom stereocenters. The van der Waals surface area contributed by atoms with E-state index in [0.717, 1.165) is 30.4 Å². The van der Waals surface area contributed by atoms with E-state index in [4.69, 9.17) is 40.4 Å². The molecule has 33 heavy (non-hydrogen) atoms. The Morgan fingerprint density at radius 2 is 2.00 bits per heavy atom. The molecule has 2 aliphatic rings. The molecule has 0 aromatic heterocycles. The first-order chi connectivity index (χ1) is 15.9. The number of amides is 1. The molecule has 0 fully saturated rings. The number of likely N-dealkylation sites (N-methyl/N-ethyl adjacent to an activating group) is 1. The van der Waals surface area contributed by atoms with E-state index >= 15 is 0 Å². The lowest BCUT2D eigenvalue weighted by Gasteiger charge is -2.22. The van der Waals surface area contributed by atoms with Crippen LogP contribution >= 0.6 is 35.4 Å². The van der Waals surface area contributed by atoms with Gasteiger partial charge in [-0.1, -0.05) is 53.1 Å². The third-order valence-electron chi connectivity index (χ3n) is 5.91. The molecule has 0 radical (unpaired) electrons. The first-order valence-corrected chi connectivity index (χ1v) is 12.2. The second kappa shape index (κ2) is 10.7. The molecular weight excluding hydrogens is 475 g/mol. The molecule has 2 aromatic rings. The Balaban J connectivity index is 1.59. The first-order valence-electron chi connectivity index (χ1n) is 11.1. The highest BCUT2D eigenvalue weighted by Crippen LogP contribution is 2.31. The lowest BCUT2D eigenvalue weighted by molar-refractivity contribution is -0.119. The predicted octanol–water partition coefficient (Wildman–Crippen LogP) is 5.49. The van der Waals surface area contributed by atoms with Gasteiger partial charge in [0.05, 0.1) is 11.4 Å². The highest BCUT2D eigenvalue weighted by molar-refractivity contribution is 7.80. The maximum absolute atomic E-state index is 13.3. The summed E-state index contributed by atoms with van der Waals surface area (Å²) in [7, 11) is 1.72. The second-order valence-corrected chi connectivity index (χ2v) is 9.43. The summed E-state index contributed by atoms with van der Waals surface area (Å²) < 4.78 is 0. The van der Waals surface area contributed by atoms with Gasteiger partial charge in [-0.2, -0.15) is 0 Å². The number of thiocarbonyl (C=S) groups is 1. The number of anilines is 1. The molecule has 172 valence electrons. The van der Waals surface area contributed by atoms with Crippen LogP contribution in [0.25, 0.3) is 0 Å². The summed E-state index contributed by atoms with van der Waals surface area (Å²) in [6.45, 7) is 0.714. The van der Waals surface area contributed by atoms with Gasteiger partial charge in [0.2, 0.25) is 6.17 Å². The number of hydrogen-bond acceptors (Lipinski definition) is 3. The van der Waals surface area contributed by atoms with E-state index in [2.05, 4.69) is 16.7 Å². The molecule has 8 heteroatoms. The summed E-state index contributed by atoms with van der Waals surface area (Å²) in [4.78, 5) is 19.7. The molecule has 2 N–H and O–H groups in total. The minimum absolute atomic E-state index is 0.222. The molecule has 0 saturated heterocycles. The molecular formula is C25H26Cl2N4OS. The number of carbonyl (C=O) groups excluding carboxylic acids is 1. The molecule has 1 heterocycles. The number of allylic oxidation sites excluding steroid dienone is 1. The van der Waals surface area contributed by atoms with Gasteiger partial charge in [-0.15, -0.1) is 0 Å². The van der Waals surface area contributed by atoms with E-state index in [1.807, 2.05) is 24.3 Å². The first kappa shape index (κ1) is 23.7. The van der Waals surface area contributed by atoms with Crippen LogP contribution in [0.2, 0.25) is 10.0 Å². The summed E-state index contributed by atoms with van der Waals surface area (Å²) in [6.07, 6.45) is 7.20. The Hall–Kier alpha value is -2.41. The normalized spacial score (nSPS) is 18.1. The van der Waals surface area contributed by atoms with Gasteiger partial charge in [0.1, 0.15) is 0 Å². The van der Waals surface area contributed by atoms with Gasteiger partial charge in [0.15, 0.2) is 5.11 Å². The van der Waals surface area contributed by atoms with Crippen molar-refractivity contribution in [2.24, 2.45) is 4.99 Å². The van der Waals surface area contributed by atoms with Gasteiger partial charge in [-0.05, 0) is 68.6 Å². The minimum atomic E-state index is -0.902. The Morgan fingerprint density at radius 3 is 2.76 bits per heavy atom. The van der Waals surface area contributed by atoms with Crippen LogP contribution in [0.3, 0.4) is 0 Å². The molecule has 0 bridgehead atoms. The number of rotatable bonds is 5. The average molecular weight is 501 g/mol. The molecule has 0 saturated carbocycles. The molecule has 1 aliphatic heterocycles. The van der Waals surface area contributed by atoms with Crippen molar-refractivity contribution in [3.05, 3.63) is 75.3 Å². The van der Waals surface area contributed by atoms with Crippen molar-refractivity contribution in [3.63, 3.8) is 0 Å². The fraction of sp³-hybridized carbons (Fsp3) is 0.320. The van der Waals surface area contributed by atoms with Crippen LogP contribution in [0.1, 0.15) is 43.2 Å². The monoisotopic (exact) mass is 500 g/mol. The summed E-state index contributed by atoms with van der Waals surface area (Å²) in [5.74, 6) is -0.222. The summed E-state index contributed by atoms with van der Waals surface area (Å²) in [6, 6.07) is 12.8. The summed E-state index contributed by atoms with van der Waals surface area (Å²) >= 11 is 18.3. The van der Waals surface area contributed by atoms with Crippen molar-refractivity contribution in [3.8, 4) is 0 Å². The SMILES string of the molecule is CN1C(=O)C(NC(=S)NCCC2=CCCCC2)N=C(c2ccccc2Cl)c2cc(Cl)ccc21. The Kier molecular flexibility index (Phi) is 7.68. The van der Waals surface area contributed by atoms with Crippen LogP contribution in [0.4, 0.5) is 5.69 Å².